The Morgan fingerprint density at radius 3 is 3.07 bits per heavy atom. The van der Waals surface area contributed by atoms with Gasteiger partial charge in [0.1, 0.15) is 0 Å². The van der Waals surface area contributed by atoms with Gasteiger partial charge in [0.15, 0.2) is 0 Å². The molecule has 2 rings (SSSR count). The number of hydrogen-bond donors (Lipinski definition) is 1. The fourth-order valence-electron chi connectivity index (χ4n) is 1.91. The molecule has 1 aromatic rings. The van der Waals surface area contributed by atoms with E-state index in [1.807, 2.05) is 11.8 Å². The van der Waals surface area contributed by atoms with Gasteiger partial charge >= 0.3 is 0 Å². The van der Waals surface area contributed by atoms with Crippen molar-refractivity contribution >= 4 is 11.8 Å². The molecule has 1 aromatic heterocycles. The molecule has 84 valence electrons. The standard InChI is InChI=1S/C12H20N2S/c1-15-8-2-6-14-7-5-11(9-14)12(13)10-3-4-10/h5,7,9-10,12H,2-4,6,8,13H2,1H3. The van der Waals surface area contributed by atoms with E-state index in [0.29, 0.717) is 0 Å². The molecule has 2 nitrogen and oxygen atoms in total. The minimum absolute atomic E-state index is 0.284. The fourth-order valence-corrected chi connectivity index (χ4v) is 2.33. The number of nitrogens with zero attached hydrogens (tertiary/aromatic N) is 1. The lowest BCUT2D eigenvalue weighted by molar-refractivity contribution is 0.625. The van der Waals surface area contributed by atoms with E-state index in [1.165, 1.54) is 30.6 Å². The Hall–Kier alpha value is -0.410. The second-order valence-corrected chi connectivity index (χ2v) is 5.38. The summed E-state index contributed by atoms with van der Waals surface area (Å²) in [4.78, 5) is 0. The normalized spacial score (nSPS) is 18.0. The van der Waals surface area contributed by atoms with Gasteiger partial charge < -0.3 is 10.3 Å². The van der Waals surface area contributed by atoms with Crippen LogP contribution in [0.3, 0.4) is 0 Å². The van der Waals surface area contributed by atoms with Crippen LogP contribution < -0.4 is 5.73 Å². The topological polar surface area (TPSA) is 30.9 Å². The first-order chi connectivity index (χ1) is 7.31. The Bertz CT molecular complexity index is 304. The molecule has 1 saturated carbocycles. The van der Waals surface area contributed by atoms with Crippen molar-refractivity contribution < 1.29 is 0 Å². The minimum atomic E-state index is 0.284. The van der Waals surface area contributed by atoms with Crippen LogP contribution >= 0.6 is 11.8 Å². The Kier molecular flexibility index (Phi) is 3.76. The third kappa shape index (κ3) is 3.02. The Labute approximate surface area is 96.2 Å². The highest BCUT2D eigenvalue weighted by molar-refractivity contribution is 7.98. The summed E-state index contributed by atoms with van der Waals surface area (Å²) in [6.07, 6.45) is 10.4. The van der Waals surface area contributed by atoms with E-state index in [1.54, 1.807) is 0 Å². The zero-order valence-electron chi connectivity index (χ0n) is 9.36. The summed E-state index contributed by atoms with van der Waals surface area (Å²) < 4.78 is 2.27. The molecule has 0 aromatic carbocycles. The smallest absolute Gasteiger partial charge is 0.0338 e. The number of aromatic nitrogens is 1. The predicted molar refractivity (Wildman–Crippen MR) is 67.1 cm³/mol. The highest BCUT2D eigenvalue weighted by Gasteiger charge is 2.29. The first kappa shape index (κ1) is 11.1. The zero-order valence-corrected chi connectivity index (χ0v) is 10.2. The van der Waals surface area contributed by atoms with Crippen molar-refractivity contribution in [1.82, 2.24) is 4.57 Å². The van der Waals surface area contributed by atoms with Crippen LogP contribution in [0, 0.1) is 5.92 Å². The highest BCUT2D eigenvalue weighted by atomic mass is 32.2. The Morgan fingerprint density at radius 2 is 2.40 bits per heavy atom. The largest absolute Gasteiger partial charge is 0.354 e. The van der Waals surface area contributed by atoms with Crippen LogP contribution in [0.25, 0.3) is 0 Å². The lowest BCUT2D eigenvalue weighted by Gasteiger charge is -2.07. The summed E-state index contributed by atoms with van der Waals surface area (Å²) in [6, 6.07) is 2.47. The first-order valence-corrected chi connectivity index (χ1v) is 7.11. The summed E-state index contributed by atoms with van der Waals surface area (Å²) >= 11 is 1.91. The summed E-state index contributed by atoms with van der Waals surface area (Å²) in [5.74, 6) is 1.99. The van der Waals surface area contributed by atoms with E-state index in [9.17, 15) is 0 Å². The van der Waals surface area contributed by atoms with E-state index in [2.05, 4.69) is 29.3 Å². The number of rotatable bonds is 6. The van der Waals surface area contributed by atoms with Gasteiger partial charge in [-0.3, -0.25) is 0 Å². The van der Waals surface area contributed by atoms with E-state index in [4.69, 9.17) is 5.73 Å². The van der Waals surface area contributed by atoms with Gasteiger partial charge in [0.2, 0.25) is 0 Å². The number of hydrogen-bond acceptors (Lipinski definition) is 2. The maximum Gasteiger partial charge on any atom is 0.0338 e. The molecule has 1 atom stereocenters. The summed E-state index contributed by atoms with van der Waals surface area (Å²) in [7, 11) is 0. The van der Waals surface area contributed by atoms with E-state index >= 15 is 0 Å². The fraction of sp³-hybridized carbons (Fsp3) is 0.667. The van der Waals surface area contributed by atoms with Gasteiger partial charge in [-0.05, 0) is 48.8 Å². The molecule has 2 N–H and O–H groups in total. The average Bonchev–Trinajstić information content (AvgIpc) is 2.98. The van der Waals surface area contributed by atoms with Crippen LogP contribution in [0.15, 0.2) is 18.5 Å². The monoisotopic (exact) mass is 224 g/mol. The van der Waals surface area contributed by atoms with Crippen molar-refractivity contribution in [1.29, 1.82) is 0 Å². The van der Waals surface area contributed by atoms with Crippen molar-refractivity contribution in [3.05, 3.63) is 24.0 Å². The first-order valence-electron chi connectivity index (χ1n) is 5.71. The molecule has 0 aliphatic heterocycles. The van der Waals surface area contributed by atoms with Crippen molar-refractivity contribution in [2.45, 2.75) is 31.8 Å². The number of nitrogens with two attached hydrogens (primary N) is 1. The van der Waals surface area contributed by atoms with Crippen molar-refractivity contribution in [2.24, 2.45) is 11.7 Å². The maximum absolute atomic E-state index is 6.15. The second-order valence-electron chi connectivity index (χ2n) is 4.39. The summed E-state index contributed by atoms with van der Waals surface area (Å²) in [5.41, 5.74) is 7.47. The van der Waals surface area contributed by atoms with Crippen LogP contribution in [0.5, 0.6) is 0 Å². The molecule has 0 radical (unpaired) electrons. The molecular weight excluding hydrogens is 204 g/mol. The van der Waals surface area contributed by atoms with E-state index in [0.717, 1.165) is 12.5 Å². The quantitative estimate of drug-likeness (QED) is 0.753. The second kappa shape index (κ2) is 5.08. The minimum Gasteiger partial charge on any atom is -0.354 e. The summed E-state index contributed by atoms with van der Waals surface area (Å²) in [5, 5.41) is 0. The molecule has 1 unspecified atom stereocenters. The van der Waals surface area contributed by atoms with Gasteiger partial charge in [0, 0.05) is 25.0 Å². The molecule has 1 aliphatic rings. The third-order valence-electron chi connectivity index (χ3n) is 3.05. The lowest BCUT2D eigenvalue weighted by Crippen LogP contribution is -2.11. The van der Waals surface area contributed by atoms with Crippen molar-refractivity contribution in [2.75, 3.05) is 12.0 Å². The van der Waals surface area contributed by atoms with Gasteiger partial charge in [0.05, 0.1) is 0 Å². The Morgan fingerprint density at radius 1 is 1.60 bits per heavy atom. The molecule has 0 spiro atoms. The highest BCUT2D eigenvalue weighted by Crippen LogP contribution is 2.39. The summed E-state index contributed by atoms with van der Waals surface area (Å²) in [6.45, 7) is 1.12. The lowest BCUT2D eigenvalue weighted by atomic mass is 10.1. The zero-order chi connectivity index (χ0) is 10.7. The maximum atomic E-state index is 6.15. The average molecular weight is 224 g/mol. The van der Waals surface area contributed by atoms with Crippen LogP contribution in [0.1, 0.15) is 30.9 Å². The van der Waals surface area contributed by atoms with Crippen LogP contribution in [-0.4, -0.2) is 16.6 Å². The Balaban J connectivity index is 1.85. The molecule has 1 fully saturated rings. The predicted octanol–water partition coefficient (Wildman–Crippen LogP) is 2.65. The molecule has 0 amide bonds. The van der Waals surface area contributed by atoms with E-state index < -0.39 is 0 Å². The SMILES string of the molecule is CSCCCn1ccc(C(N)C2CC2)c1. The van der Waals surface area contributed by atoms with Gasteiger partial charge in [-0.15, -0.1) is 0 Å². The number of thioether (sulfide) groups is 1. The van der Waals surface area contributed by atoms with Crippen LogP contribution in [0.4, 0.5) is 0 Å². The third-order valence-corrected chi connectivity index (χ3v) is 3.75. The van der Waals surface area contributed by atoms with Gasteiger partial charge in [-0.1, -0.05) is 0 Å². The van der Waals surface area contributed by atoms with Crippen LogP contribution in [-0.2, 0) is 6.54 Å². The molecule has 3 heteroatoms. The van der Waals surface area contributed by atoms with Crippen LogP contribution in [0.2, 0.25) is 0 Å². The van der Waals surface area contributed by atoms with Gasteiger partial charge in [0.25, 0.3) is 0 Å². The molecule has 1 heterocycles. The molecule has 15 heavy (non-hydrogen) atoms. The molecule has 1 aliphatic carbocycles. The number of aryl methyl sites for hydroxylation is 1. The van der Waals surface area contributed by atoms with Gasteiger partial charge in [-0.2, -0.15) is 11.8 Å². The van der Waals surface area contributed by atoms with Crippen molar-refractivity contribution in [3.8, 4) is 0 Å². The molecule has 0 saturated heterocycles. The van der Waals surface area contributed by atoms with E-state index in [-0.39, 0.29) is 6.04 Å². The molecular formula is C12H20N2S. The van der Waals surface area contributed by atoms with Crippen molar-refractivity contribution in [3.63, 3.8) is 0 Å². The van der Waals surface area contributed by atoms with Gasteiger partial charge in [-0.25, -0.2) is 0 Å². The molecule has 0 bridgehead atoms.